The summed E-state index contributed by atoms with van der Waals surface area (Å²) in [5, 5.41) is 0. The van der Waals surface area contributed by atoms with Gasteiger partial charge in [0.1, 0.15) is 0 Å². The fourth-order valence-corrected chi connectivity index (χ4v) is 10.2. The van der Waals surface area contributed by atoms with E-state index in [0.29, 0.717) is 0 Å². The van der Waals surface area contributed by atoms with E-state index in [1.807, 2.05) is 0 Å². The highest BCUT2D eigenvalue weighted by Gasteiger charge is 2.16. The Balaban J connectivity index is 0.000000169. The van der Waals surface area contributed by atoms with Crippen LogP contribution in [0.5, 0.6) is 0 Å². The Hall–Kier alpha value is -10.2. The molecule has 0 aliphatic rings. The van der Waals surface area contributed by atoms with Crippen LogP contribution in [0.3, 0.4) is 0 Å². The molecule has 4 heteroatoms. The van der Waals surface area contributed by atoms with E-state index in [2.05, 4.69) is 363 Å². The highest BCUT2D eigenvalue weighted by molar-refractivity contribution is 5.83. The molecule has 0 saturated carbocycles. The summed E-state index contributed by atoms with van der Waals surface area (Å²) in [7, 11) is 4.23. The zero-order valence-electron chi connectivity index (χ0n) is 45.8. The molecule has 0 N–H and O–H groups in total. The molecule has 388 valence electrons. The average molecular weight is 1030 g/mol. The molecule has 0 aromatic heterocycles. The van der Waals surface area contributed by atoms with E-state index in [-0.39, 0.29) is 0 Å². The van der Waals surface area contributed by atoms with Crippen LogP contribution in [-0.4, -0.2) is 14.1 Å². The maximum atomic E-state index is 2.32. The minimum atomic E-state index is 1.12. The molecule has 0 fully saturated rings. The molecular weight excluding hydrogens is 969 g/mol. The molecular formula is C76H64N4. The van der Waals surface area contributed by atoms with E-state index in [9.17, 15) is 0 Å². The number of hydrogen-bond donors (Lipinski definition) is 0. The van der Waals surface area contributed by atoms with Crippen molar-refractivity contribution in [2.24, 2.45) is 0 Å². The fourth-order valence-electron chi connectivity index (χ4n) is 10.2. The van der Waals surface area contributed by atoms with Gasteiger partial charge in [0.05, 0.1) is 0 Å². The standard InChI is InChI=1S/2C38H32N2/c1-29-11-9-17-37(27-29)39(2)34-23-19-31(20-24-34)32-21-25-36(26-22-32)40(35-15-7-4-8-16-35)38-18-10-14-33(28-38)30-12-5-3-6-13-30;1-29-16-22-34(23-17-29)39(2)35-24-18-31(19-25-35)32-20-26-37(27-21-32)40(36-13-7-4-8-14-36)38-15-9-12-33(28-38)30-10-5-3-6-11-30/h2*3-28H,1-2H3. The molecule has 0 atom stereocenters. The monoisotopic (exact) mass is 1030 g/mol. The van der Waals surface area contributed by atoms with Crippen LogP contribution in [0.25, 0.3) is 44.5 Å². The molecule has 12 aromatic rings. The minimum Gasteiger partial charge on any atom is -0.345 e. The number of nitrogens with zero attached hydrogens (tertiary/aromatic N) is 4. The van der Waals surface area contributed by atoms with Gasteiger partial charge >= 0.3 is 0 Å². The Morgan fingerprint density at radius 2 is 0.438 bits per heavy atom. The third-order valence-corrected chi connectivity index (χ3v) is 14.7. The van der Waals surface area contributed by atoms with Crippen molar-refractivity contribution in [1.29, 1.82) is 0 Å². The Labute approximate surface area is 473 Å². The first-order valence-corrected chi connectivity index (χ1v) is 27.3. The summed E-state index contributed by atoms with van der Waals surface area (Å²) in [4.78, 5) is 9.07. The summed E-state index contributed by atoms with van der Waals surface area (Å²) < 4.78 is 0. The minimum absolute atomic E-state index is 1.12. The predicted octanol–water partition coefficient (Wildman–Crippen LogP) is 21.1. The Bertz CT molecular complexity index is 3880. The topological polar surface area (TPSA) is 13.0 Å². The van der Waals surface area contributed by atoms with Gasteiger partial charge in [0.2, 0.25) is 0 Å². The second kappa shape index (κ2) is 24.4. The lowest BCUT2D eigenvalue weighted by Gasteiger charge is -2.26. The summed E-state index contributed by atoms with van der Waals surface area (Å²) in [5.74, 6) is 0. The number of rotatable bonds is 14. The van der Waals surface area contributed by atoms with Crippen LogP contribution in [0.15, 0.2) is 315 Å². The lowest BCUT2D eigenvalue weighted by atomic mass is 10.0. The first-order valence-electron chi connectivity index (χ1n) is 27.3. The van der Waals surface area contributed by atoms with Crippen molar-refractivity contribution in [3.8, 4) is 44.5 Å². The molecule has 0 unspecified atom stereocenters. The molecule has 0 heterocycles. The van der Waals surface area contributed by atoms with E-state index in [1.165, 1.54) is 72.7 Å². The van der Waals surface area contributed by atoms with Gasteiger partial charge in [0.15, 0.2) is 0 Å². The largest absolute Gasteiger partial charge is 0.345 e. The molecule has 0 saturated heterocycles. The smallest absolute Gasteiger partial charge is 0.0467 e. The van der Waals surface area contributed by atoms with Crippen LogP contribution in [0.2, 0.25) is 0 Å². The first kappa shape index (κ1) is 51.9. The third-order valence-electron chi connectivity index (χ3n) is 14.7. The van der Waals surface area contributed by atoms with E-state index in [1.54, 1.807) is 0 Å². The lowest BCUT2D eigenvalue weighted by molar-refractivity contribution is 1.20. The summed E-state index contributed by atoms with van der Waals surface area (Å²) in [6, 6.07) is 112. The van der Waals surface area contributed by atoms with Gasteiger partial charge in [-0.15, -0.1) is 0 Å². The van der Waals surface area contributed by atoms with Crippen molar-refractivity contribution >= 4 is 56.9 Å². The molecule has 12 aromatic carbocycles. The normalized spacial score (nSPS) is 10.8. The fraction of sp³-hybridized carbons (Fsp3) is 0.0526. The van der Waals surface area contributed by atoms with Crippen LogP contribution in [0.1, 0.15) is 11.1 Å². The number of para-hydroxylation sites is 2. The van der Waals surface area contributed by atoms with Crippen molar-refractivity contribution in [1.82, 2.24) is 0 Å². The molecule has 0 aliphatic heterocycles. The van der Waals surface area contributed by atoms with E-state index in [0.717, 1.165) is 39.8 Å². The van der Waals surface area contributed by atoms with Crippen molar-refractivity contribution in [3.63, 3.8) is 0 Å². The molecule has 80 heavy (non-hydrogen) atoms. The maximum absolute atomic E-state index is 2.32. The zero-order chi connectivity index (χ0) is 54.6. The molecule has 4 nitrogen and oxygen atoms in total. The van der Waals surface area contributed by atoms with Crippen LogP contribution in [-0.2, 0) is 0 Å². The van der Waals surface area contributed by atoms with Gasteiger partial charge in [-0.2, -0.15) is 0 Å². The second-order valence-corrected chi connectivity index (χ2v) is 20.2. The quantitative estimate of drug-likeness (QED) is 0.108. The summed E-state index contributed by atoms with van der Waals surface area (Å²) in [6.45, 7) is 4.24. The van der Waals surface area contributed by atoms with Gasteiger partial charge in [-0.3, -0.25) is 0 Å². The molecule has 0 aliphatic carbocycles. The molecule has 12 rings (SSSR count). The zero-order valence-corrected chi connectivity index (χ0v) is 45.8. The Morgan fingerprint density at radius 3 is 0.812 bits per heavy atom. The molecule has 0 spiro atoms. The Morgan fingerprint density at radius 1 is 0.175 bits per heavy atom. The second-order valence-electron chi connectivity index (χ2n) is 20.2. The van der Waals surface area contributed by atoms with E-state index >= 15 is 0 Å². The highest BCUT2D eigenvalue weighted by atomic mass is 15.1. The van der Waals surface area contributed by atoms with Gasteiger partial charge in [-0.1, -0.05) is 200 Å². The SMILES string of the molecule is Cc1ccc(N(C)c2ccc(-c3ccc(N(c4ccccc4)c4cccc(-c5ccccc5)c4)cc3)cc2)cc1.Cc1cccc(N(C)c2ccc(-c3ccc(N(c4ccccc4)c4cccc(-c5ccccc5)c4)cc3)cc2)c1. The van der Waals surface area contributed by atoms with E-state index in [4.69, 9.17) is 0 Å². The number of benzene rings is 12. The van der Waals surface area contributed by atoms with Crippen molar-refractivity contribution in [3.05, 3.63) is 327 Å². The van der Waals surface area contributed by atoms with Gasteiger partial charge in [0, 0.05) is 71.0 Å². The van der Waals surface area contributed by atoms with Crippen LogP contribution >= 0.6 is 0 Å². The summed E-state index contributed by atoms with van der Waals surface area (Å²) in [6.07, 6.45) is 0. The average Bonchev–Trinajstić information content (AvgIpc) is 3.53. The van der Waals surface area contributed by atoms with Crippen LogP contribution in [0.4, 0.5) is 56.9 Å². The predicted molar refractivity (Wildman–Crippen MR) is 342 cm³/mol. The number of hydrogen-bond acceptors (Lipinski definition) is 4. The Kier molecular flexibility index (Phi) is 15.9. The molecule has 0 bridgehead atoms. The maximum Gasteiger partial charge on any atom is 0.0467 e. The highest BCUT2D eigenvalue weighted by Crippen LogP contribution is 2.40. The van der Waals surface area contributed by atoms with E-state index < -0.39 is 0 Å². The molecule has 0 radical (unpaired) electrons. The summed E-state index contributed by atoms with van der Waals surface area (Å²) in [5.41, 5.74) is 23.6. The van der Waals surface area contributed by atoms with Crippen molar-refractivity contribution < 1.29 is 0 Å². The van der Waals surface area contributed by atoms with Crippen LogP contribution < -0.4 is 19.6 Å². The van der Waals surface area contributed by atoms with Crippen LogP contribution in [0, 0.1) is 13.8 Å². The number of aryl methyl sites for hydroxylation is 2. The van der Waals surface area contributed by atoms with Gasteiger partial charge < -0.3 is 19.6 Å². The van der Waals surface area contributed by atoms with Crippen molar-refractivity contribution in [2.75, 3.05) is 33.7 Å². The third kappa shape index (κ3) is 12.2. The van der Waals surface area contributed by atoms with Gasteiger partial charge in [-0.25, -0.2) is 0 Å². The lowest BCUT2D eigenvalue weighted by Crippen LogP contribution is -2.10. The number of anilines is 10. The molecule has 0 amide bonds. The van der Waals surface area contributed by atoms with Crippen molar-refractivity contribution in [2.45, 2.75) is 13.8 Å². The van der Waals surface area contributed by atoms with Gasteiger partial charge in [-0.05, 0) is 185 Å². The van der Waals surface area contributed by atoms with Gasteiger partial charge in [0.25, 0.3) is 0 Å². The summed E-state index contributed by atoms with van der Waals surface area (Å²) >= 11 is 0. The first-order chi connectivity index (χ1) is 39.3.